The minimum atomic E-state index is -4.24. The second-order valence-electron chi connectivity index (χ2n) is 10.4. The minimum Gasteiger partial charge on any atom is -0.352 e. The lowest BCUT2D eigenvalue weighted by atomic mass is 10.0. The first-order chi connectivity index (χ1) is 21.0. The third-order valence-corrected chi connectivity index (χ3v) is 9.53. The van der Waals surface area contributed by atoms with Crippen molar-refractivity contribution in [3.63, 3.8) is 0 Å². The summed E-state index contributed by atoms with van der Waals surface area (Å²) in [4.78, 5) is 29.6. The van der Waals surface area contributed by atoms with Gasteiger partial charge in [-0.15, -0.1) is 0 Å². The van der Waals surface area contributed by atoms with Crippen LogP contribution in [0.3, 0.4) is 0 Å². The zero-order valence-electron chi connectivity index (χ0n) is 24.2. The van der Waals surface area contributed by atoms with Gasteiger partial charge >= 0.3 is 0 Å². The quantitative estimate of drug-likeness (QED) is 0.176. The van der Waals surface area contributed by atoms with Crippen molar-refractivity contribution in [2.45, 2.75) is 43.8 Å². The average molecular weight is 673 g/mol. The van der Waals surface area contributed by atoms with Crippen LogP contribution in [-0.4, -0.2) is 43.8 Å². The van der Waals surface area contributed by atoms with E-state index >= 15 is 0 Å². The molecule has 44 heavy (non-hydrogen) atoms. The summed E-state index contributed by atoms with van der Waals surface area (Å²) in [7, 11) is -4.24. The smallest absolute Gasteiger partial charge is 0.264 e. The predicted octanol–water partition coefficient (Wildman–Crippen LogP) is 7.01. The largest absolute Gasteiger partial charge is 0.352 e. The van der Waals surface area contributed by atoms with Crippen LogP contribution in [0, 0.1) is 0 Å². The molecule has 4 rings (SSSR count). The van der Waals surface area contributed by atoms with Gasteiger partial charge in [-0.2, -0.15) is 0 Å². The topological polar surface area (TPSA) is 86.8 Å². The Morgan fingerprint density at radius 2 is 1.39 bits per heavy atom. The number of anilines is 1. The molecule has 0 heterocycles. The highest BCUT2D eigenvalue weighted by Gasteiger charge is 2.35. The van der Waals surface area contributed by atoms with Crippen LogP contribution in [0.1, 0.15) is 25.0 Å². The van der Waals surface area contributed by atoms with Crippen LogP contribution in [0.25, 0.3) is 0 Å². The molecule has 0 aromatic heterocycles. The second kappa shape index (κ2) is 14.9. The van der Waals surface area contributed by atoms with Crippen molar-refractivity contribution in [1.82, 2.24) is 10.2 Å². The van der Waals surface area contributed by atoms with Crippen LogP contribution in [0.2, 0.25) is 15.1 Å². The molecule has 7 nitrogen and oxygen atoms in total. The van der Waals surface area contributed by atoms with Crippen LogP contribution in [0.5, 0.6) is 0 Å². The van der Waals surface area contributed by atoms with Gasteiger partial charge in [0, 0.05) is 39.6 Å². The number of carbonyl (C=O) groups excluding carboxylic acids is 2. The fourth-order valence-corrected chi connectivity index (χ4v) is 6.80. The van der Waals surface area contributed by atoms with Crippen molar-refractivity contribution in [1.29, 1.82) is 0 Å². The van der Waals surface area contributed by atoms with Gasteiger partial charge in [0.25, 0.3) is 10.0 Å². The van der Waals surface area contributed by atoms with Crippen molar-refractivity contribution < 1.29 is 18.0 Å². The number of hydrogen-bond acceptors (Lipinski definition) is 4. The number of sulfonamides is 1. The normalized spacial score (nSPS) is 12.0. The summed E-state index contributed by atoms with van der Waals surface area (Å²) in [5.74, 6) is -1.04. The number of nitrogens with one attached hydrogen (secondary N) is 1. The molecule has 1 N–H and O–H groups in total. The van der Waals surface area contributed by atoms with E-state index < -0.39 is 34.4 Å². The third kappa shape index (κ3) is 8.33. The summed E-state index contributed by atoms with van der Waals surface area (Å²) >= 11 is 19.3. The molecule has 2 amide bonds. The molecule has 0 spiro atoms. The molecule has 0 aliphatic rings. The Morgan fingerprint density at radius 3 is 1.98 bits per heavy atom. The lowest BCUT2D eigenvalue weighted by Crippen LogP contribution is -2.54. The fourth-order valence-electron chi connectivity index (χ4n) is 4.67. The SMILES string of the molecule is CC(C)NC(=O)C(Cc1ccccc1)N(Cc1c(Cl)cccc1Cl)C(=O)CN(c1cccc(Cl)c1)S(=O)(=O)c1ccccc1. The van der Waals surface area contributed by atoms with E-state index in [0.29, 0.717) is 20.6 Å². The molecule has 0 aliphatic carbocycles. The number of halogens is 3. The molecule has 0 aliphatic heterocycles. The fraction of sp³-hybridized carbons (Fsp3) is 0.212. The monoisotopic (exact) mass is 671 g/mol. The maximum Gasteiger partial charge on any atom is 0.264 e. The highest BCUT2D eigenvalue weighted by molar-refractivity contribution is 7.92. The molecule has 1 atom stereocenters. The third-order valence-electron chi connectivity index (χ3n) is 6.80. The number of rotatable bonds is 12. The van der Waals surface area contributed by atoms with Gasteiger partial charge < -0.3 is 10.2 Å². The molecular formula is C33H32Cl3N3O4S. The van der Waals surface area contributed by atoms with E-state index in [-0.39, 0.29) is 29.6 Å². The first-order valence-corrected chi connectivity index (χ1v) is 16.4. The maximum atomic E-state index is 14.5. The van der Waals surface area contributed by atoms with Crippen molar-refractivity contribution in [2.24, 2.45) is 0 Å². The number of benzene rings is 4. The second-order valence-corrected chi connectivity index (χ2v) is 13.5. The van der Waals surface area contributed by atoms with E-state index in [1.807, 2.05) is 44.2 Å². The Kier molecular flexibility index (Phi) is 11.3. The van der Waals surface area contributed by atoms with Crippen molar-refractivity contribution in [3.8, 4) is 0 Å². The molecule has 230 valence electrons. The molecule has 4 aromatic rings. The Labute approximate surface area is 273 Å². The van der Waals surface area contributed by atoms with Gasteiger partial charge in [0.2, 0.25) is 11.8 Å². The van der Waals surface area contributed by atoms with Crippen LogP contribution in [0.15, 0.2) is 108 Å². The van der Waals surface area contributed by atoms with E-state index in [9.17, 15) is 18.0 Å². The summed E-state index contributed by atoms with van der Waals surface area (Å²) in [5.41, 5.74) is 1.43. The van der Waals surface area contributed by atoms with Gasteiger partial charge in [0.15, 0.2) is 0 Å². The van der Waals surface area contributed by atoms with Crippen LogP contribution >= 0.6 is 34.8 Å². The number of carbonyl (C=O) groups is 2. The van der Waals surface area contributed by atoms with Gasteiger partial charge in [-0.25, -0.2) is 8.42 Å². The zero-order valence-corrected chi connectivity index (χ0v) is 27.2. The zero-order chi connectivity index (χ0) is 31.9. The first kappa shape index (κ1) is 33.3. The molecule has 0 radical (unpaired) electrons. The van der Waals surface area contributed by atoms with Gasteiger partial charge in [0.1, 0.15) is 12.6 Å². The van der Waals surface area contributed by atoms with Gasteiger partial charge in [-0.3, -0.25) is 13.9 Å². The highest BCUT2D eigenvalue weighted by Crippen LogP contribution is 2.30. The minimum absolute atomic E-state index is 0.00754. The van der Waals surface area contributed by atoms with E-state index in [0.717, 1.165) is 9.87 Å². The molecule has 4 aromatic carbocycles. The lowest BCUT2D eigenvalue weighted by molar-refractivity contribution is -0.140. The Hall–Kier alpha value is -3.56. The van der Waals surface area contributed by atoms with Gasteiger partial charge in [0.05, 0.1) is 10.6 Å². The average Bonchev–Trinajstić information content (AvgIpc) is 2.99. The molecule has 11 heteroatoms. The summed E-state index contributed by atoms with van der Waals surface area (Å²) in [5, 5.41) is 3.82. The Bertz CT molecular complexity index is 1680. The predicted molar refractivity (Wildman–Crippen MR) is 177 cm³/mol. The van der Waals surface area contributed by atoms with E-state index in [1.54, 1.807) is 54.6 Å². The summed E-state index contributed by atoms with van der Waals surface area (Å²) < 4.78 is 29.0. The molecule has 0 fully saturated rings. The summed E-state index contributed by atoms with van der Waals surface area (Å²) in [6, 6.07) is 27.0. The van der Waals surface area contributed by atoms with Gasteiger partial charge in [-0.05, 0) is 61.9 Å². The standard InChI is InChI=1S/C33H32Cl3N3O4S/c1-23(2)37-33(41)31(19-24-11-5-3-6-12-24)38(21-28-29(35)17-10-18-30(28)36)32(40)22-39(26-14-9-13-25(34)20-26)44(42,43)27-15-7-4-8-16-27/h3-18,20,23,31H,19,21-22H2,1-2H3,(H,37,41). The number of hydrogen-bond donors (Lipinski definition) is 1. The number of nitrogens with zero attached hydrogens (tertiary/aromatic N) is 2. The molecular weight excluding hydrogens is 641 g/mol. The van der Waals surface area contributed by atoms with Crippen molar-refractivity contribution in [3.05, 3.63) is 129 Å². The van der Waals surface area contributed by atoms with E-state index in [1.165, 1.54) is 23.1 Å². The van der Waals surface area contributed by atoms with Crippen molar-refractivity contribution >= 4 is 62.3 Å². The van der Waals surface area contributed by atoms with Crippen molar-refractivity contribution in [2.75, 3.05) is 10.8 Å². The summed E-state index contributed by atoms with van der Waals surface area (Å²) in [6.45, 7) is 2.87. The van der Waals surface area contributed by atoms with Crippen LogP contribution in [-0.2, 0) is 32.6 Å². The molecule has 0 saturated carbocycles. The highest BCUT2D eigenvalue weighted by atomic mass is 35.5. The summed E-state index contributed by atoms with van der Waals surface area (Å²) in [6.07, 6.45) is 0.163. The maximum absolute atomic E-state index is 14.5. The van der Waals surface area contributed by atoms with Crippen LogP contribution < -0.4 is 9.62 Å². The lowest BCUT2D eigenvalue weighted by Gasteiger charge is -2.34. The first-order valence-electron chi connectivity index (χ1n) is 13.9. The molecule has 1 unspecified atom stereocenters. The molecule has 0 saturated heterocycles. The van der Waals surface area contributed by atoms with E-state index in [2.05, 4.69) is 5.32 Å². The number of amides is 2. The van der Waals surface area contributed by atoms with E-state index in [4.69, 9.17) is 34.8 Å². The van der Waals surface area contributed by atoms with Crippen LogP contribution in [0.4, 0.5) is 5.69 Å². The Balaban J connectivity index is 1.84. The van der Waals surface area contributed by atoms with Gasteiger partial charge in [-0.1, -0.05) is 95.5 Å². The molecule has 0 bridgehead atoms. The Morgan fingerprint density at radius 1 is 0.795 bits per heavy atom.